The topological polar surface area (TPSA) is 71.4 Å². The van der Waals surface area contributed by atoms with E-state index in [4.69, 9.17) is 11.6 Å². The zero-order chi connectivity index (χ0) is 28.9. The van der Waals surface area contributed by atoms with Crippen LogP contribution in [0.4, 0.5) is 0 Å². The Morgan fingerprint density at radius 1 is 1.05 bits per heavy atom. The summed E-state index contributed by atoms with van der Waals surface area (Å²) in [5, 5.41) is 10.9. The number of carbonyl (C=O) groups excluding carboxylic acids is 1. The van der Waals surface area contributed by atoms with Crippen molar-refractivity contribution in [2.45, 2.75) is 116 Å². The minimum atomic E-state index is -3.66. The van der Waals surface area contributed by atoms with Crippen molar-refractivity contribution >= 4 is 27.2 Å². The van der Waals surface area contributed by atoms with Crippen LogP contribution in [0.2, 0.25) is 5.02 Å². The van der Waals surface area contributed by atoms with Gasteiger partial charge in [-0.15, -0.1) is 0 Å². The average Bonchev–Trinajstić information content (AvgIpc) is 3.26. The van der Waals surface area contributed by atoms with Gasteiger partial charge in [-0.1, -0.05) is 58.2 Å². The molecule has 0 radical (unpaired) electrons. The highest BCUT2D eigenvalue weighted by molar-refractivity contribution is 7.92. The van der Waals surface area contributed by atoms with Crippen LogP contribution in [0, 0.1) is 52.3 Å². The number of ketones is 1. The molecule has 4 fully saturated rings. The van der Waals surface area contributed by atoms with Gasteiger partial charge in [-0.25, -0.2) is 8.42 Å². The van der Waals surface area contributed by atoms with Gasteiger partial charge in [0.15, 0.2) is 9.84 Å². The highest BCUT2D eigenvalue weighted by atomic mass is 35.5. The van der Waals surface area contributed by atoms with Gasteiger partial charge in [-0.2, -0.15) is 0 Å². The van der Waals surface area contributed by atoms with Crippen molar-refractivity contribution in [3.05, 3.63) is 29.3 Å². The van der Waals surface area contributed by atoms with Gasteiger partial charge in [0.2, 0.25) is 0 Å². The molecule has 4 nitrogen and oxygen atoms in total. The third kappa shape index (κ3) is 5.57. The van der Waals surface area contributed by atoms with Crippen molar-refractivity contribution in [2.24, 2.45) is 52.3 Å². The van der Waals surface area contributed by atoms with Gasteiger partial charge >= 0.3 is 0 Å². The summed E-state index contributed by atoms with van der Waals surface area (Å²) in [5.74, 6) is 4.43. The molecule has 6 heteroatoms. The Bertz CT molecular complexity index is 1180. The number of fused-ring (bicyclic) bond motifs is 5. The summed E-state index contributed by atoms with van der Waals surface area (Å²) in [4.78, 5) is 12.8. The van der Waals surface area contributed by atoms with Crippen molar-refractivity contribution in [2.75, 3.05) is 5.75 Å². The van der Waals surface area contributed by atoms with E-state index in [1.54, 1.807) is 12.1 Å². The smallest absolute Gasteiger partial charge is 0.185 e. The number of aliphatic hydroxyl groups excluding tert-OH is 1. The predicted molar refractivity (Wildman–Crippen MR) is 162 cm³/mol. The highest BCUT2D eigenvalue weighted by Gasteiger charge is 2.62. The molecule has 4 aliphatic carbocycles. The van der Waals surface area contributed by atoms with Crippen LogP contribution in [0.15, 0.2) is 29.2 Å². The molecule has 0 saturated heterocycles. The van der Waals surface area contributed by atoms with Crippen molar-refractivity contribution in [3.8, 4) is 0 Å². The van der Waals surface area contributed by atoms with Crippen molar-refractivity contribution < 1.29 is 18.3 Å². The molecule has 10 atom stereocenters. The first-order chi connectivity index (χ1) is 18.9. The number of halogens is 1. The van der Waals surface area contributed by atoms with Gasteiger partial charge in [0, 0.05) is 11.4 Å². The fourth-order valence-corrected chi connectivity index (χ4v) is 12.3. The molecule has 0 bridgehead atoms. The van der Waals surface area contributed by atoms with E-state index in [2.05, 4.69) is 27.7 Å². The van der Waals surface area contributed by atoms with Crippen LogP contribution in [0.5, 0.6) is 0 Å². The quantitative estimate of drug-likeness (QED) is 0.315. The maximum atomic E-state index is 12.7. The molecular formula is C34H51ClO4S. The molecule has 0 aliphatic heterocycles. The van der Waals surface area contributed by atoms with Crippen molar-refractivity contribution in [1.82, 2.24) is 0 Å². The van der Waals surface area contributed by atoms with E-state index < -0.39 is 15.6 Å². The molecule has 4 aliphatic rings. The van der Waals surface area contributed by atoms with Gasteiger partial charge < -0.3 is 5.11 Å². The van der Waals surface area contributed by atoms with Crippen molar-refractivity contribution in [1.29, 1.82) is 0 Å². The largest absolute Gasteiger partial charge is 0.393 e. The van der Waals surface area contributed by atoms with Crippen LogP contribution in [0.3, 0.4) is 0 Å². The Hall–Kier alpha value is -0.910. The zero-order valence-electron chi connectivity index (χ0n) is 25.1. The molecule has 5 rings (SSSR count). The monoisotopic (exact) mass is 590 g/mol. The number of Topliss-reactive ketones (excluding diaryl/α,β-unsaturated/α-hetero) is 1. The number of aliphatic hydroxyl groups is 1. The lowest BCUT2D eigenvalue weighted by molar-refractivity contribution is -0.152. The number of carbonyl (C=O) groups is 1. The standard InChI is InChI=1S/C34H51ClO4S/c1-5-23-18-28-30-13-12-29(33(30,3)17-15-31(28)34(4)16-14-25(36)20-32(23)34)22(2)8-6-10-26(37)21-40(38,39)27-11-7-9-24(35)19-27/h7,9,11,19,22-23,25,28-32,36H,5-6,8,10,12-18,20-21H2,1-4H3/t22-,23+,25-,28+,29-,30+,31+,32+,33-,34-/m1/s1. The third-order valence-corrected chi connectivity index (χ3v) is 14.6. The number of hydrogen-bond donors (Lipinski definition) is 1. The summed E-state index contributed by atoms with van der Waals surface area (Å²) in [6, 6.07) is 6.18. The minimum absolute atomic E-state index is 0.0990. The van der Waals surface area contributed by atoms with E-state index in [1.807, 2.05) is 0 Å². The molecule has 0 spiro atoms. The second kappa shape index (κ2) is 11.6. The van der Waals surface area contributed by atoms with Crippen LogP contribution in [0.1, 0.15) is 105 Å². The van der Waals surface area contributed by atoms with Crippen LogP contribution >= 0.6 is 11.6 Å². The van der Waals surface area contributed by atoms with E-state index >= 15 is 0 Å². The molecule has 40 heavy (non-hydrogen) atoms. The Labute approximate surface area is 248 Å². The molecule has 0 aromatic heterocycles. The van der Waals surface area contributed by atoms with Gasteiger partial charge in [-0.3, -0.25) is 4.79 Å². The molecule has 1 N–H and O–H groups in total. The first-order valence-electron chi connectivity index (χ1n) is 16.1. The summed E-state index contributed by atoms with van der Waals surface area (Å²) in [5.41, 5.74) is 0.760. The first kappa shape index (κ1) is 30.5. The molecule has 1 aromatic rings. The second-order valence-electron chi connectivity index (χ2n) is 14.7. The van der Waals surface area contributed by atoms with Gasteiger partial charge in [0.05, 0.1) is 11.0 Å². The summed E-state index contributed by atoms with van der Waals surface area (Å²) >= 11 is 5.96. The number of rotatable bonds is 9. The SMILES string of the molecule is CC[C@H]1C[C@@H]2[C@H](CC[C@]3(C)[C@@H]([C@H](C)CCCC(=O)CS(=O)(=O)c4cccc(Cl)c4)CC[C@@H]23)[C@@]2(C)CC[C@@H](O)C[C@@H]12. The van der Waals surface area contributed by atoms with Gasteiger partial charge in [0.25, 0.3) is 0 Å². The fraction of sp³-hybridized carbons (Fsp3) is 0.794. The lowest BCUT2D eigenvalue weighted by Gasteiger charge is -2.63. The molecule has 0 heterocycles. The van der Waals surface area contributed by atoms with E-state index in [0.717, 1.165) is 49.4 Å². The summed E-state index contributed by atoms with van der Waals surface area (Å²) < 4.78 is 25.4. The molecule has 1 aromatic carbocycles. The second-order valence-corrected chi connectivity index (χ2v) is 17.1. The van der Waals surface area contributed by atoms with E-state index in [9.17, 15) is 18.3 Å². The Balaban J connectivity index is 1.19. The van der Waals surface area contributed by atoms with E-state index in [1.165, 1.54) is 57.1 Å². The Kier molecular flexibility index (Phi) is 8.89. The first-order valence-corrected chi connectivity index (χ1v) is 18.1. The molecule has 0 amide bonds. The number of sulfone groups is 1. The van der Waals surface area contributed by atoms with E-state index in [-0.39, 0.29) is 16.8 Å². The van der Waals surface area contributed by atoms with Crippen LogP contribution in [0.25, 0.3) is 0 Å². The third-order valence-electron chi connectivity index (χ3n) is 12.7. The maximum Gasteiger partial charge on any atom is 0.185 e. The minimum Gasteiger partial charge on any atom is -0.393 e. The lowest BCUT2D eigenvalue weighted by atomic mass is 9.42. The molecular weight excluding hydrogens is 540 g/mol. The Morgan fingerprint density at radius 2 is 1.77 bits per heavy atom. The molecule has 0 unspecified atom stereocenters. The fourth-order valence-electron chi connectivity index (χ4n) is 10.8. The zero-order valence-corrected chi connectivity index (χ0v) is 26.7. The molecule has 224 valence electrons. The Morgan fingerprint density at radius 3 is 2.50 bits per heavy atom. The number of hydrogen-bond acceptors (Lipinski definition) is 4. The van der Waals surface area contributed by atoms with Crippen LogP contribution in [-0.4, -0.2) is 31.2 Å². The van der Waals surface area contributed by atoms with Gasteiger partial charge in [-0.05, 0) is 128 Å². The normalized spacial score (nSPS) is 40.1. The maximum absolute atomic E-state index is 12.7. The van der Waals surface area contributed by atoms with Gasteiger partial charge in [0.1, 0.15) is 11.5 Å². The van der Waals surface area contributed by atoms with E-state index in [0.29, 0.717) is 40.0 Å². The lowest BCUT2D eigenvalue weighted by Crippen LogP contribution is -2.56. The van der Waals surface area contributed by atoms with Crippen LogP contribution in [-0.2, 0) is 14.6 Å². The van der Waals surface area contributed by atoms with Crippen molar-refractivity contribution in [3.63, 3.8) is 0 Å². The average molecular weight is 591 g/mol. The highest BCUT2D eigenvalue weighted by Crippen LogP contribution is 2.69. The predicted octanol–water partition coefficient (Wildman–Crippen LogP) is 8.15. The summed E-state index contributed by atoms with van der Waals surface area (Å²) in [7, 11) is -3.66. The number of benzene rings is 1. The molecule has 4 saturated carbocycles. The summed E-state index contributed by atoms with van der Waals surface area (Å²) in [6.07, 6.45) is 13.0. The summed E-state index contributed by atoms with van der Waals surface area (Å²) in [6.45, 7) is 9.93. The van der Waals surface area contributed by atoms with Crippen LogP contribution < -0.4 is 0 Å².